The third-order valence-corrected chi connectivity index (χ3v) is 11.7. The van der Waals surface area contributed by atoms with Gasteiger partial charge in [0.25, 0.3) is 0 Å². The molecule has 0 aromatic rings. The van der Waals surface area contributed by atoms with Gasteiger partial charge in [-0.3, -0.25) is 0 Å². The Kier molecular flexibility index (Phi) is 6.56. The highest BCUT2D eigenvalue weighted by atomic mass is 19.4. The zero-order chi connectivity index (χ0) is 24.4. The zero-order valence-corrected chi connectivity index (χ0v) is 21.5. The highest BCUT2D eigenvalue weighted by Crippen LogP contribution is 2.69. The number of rotatable bonds is 5. The molecule has 0 aliphatic heterocycles. The molecule has 0 spiro atoms. The van der Waals surface area contributed by atoms with E-state index < -0.39 is 17.4 Å². The Balaban J connectivity index is 1.49. The normalized spacial score (nSPS) is 48.4. The largest absolute Gasteiger partial charge is 0.416 e. The summed E-state index contributed by atoms with van der Waals surface area (Å²) in [7, 11) is 0. The molecule has 2 N–H and O–H groups in total. The third-order valence-electron chi connectivity index (χ3n) is 11.7. The Bertz CT molecular complexity index is 716. The lowest BCUT2D eigenvalue weighted by Gasteiger charge is -2.62. The van der Waals surface area contributed by atoms with Crippen molar-refractivity contribution in [3.05, 3.63) is 0 Å². The summed E-state index contributed by atoms with van der Waals surface area (Å²) in [6.45, 7) is 10.0. The Morgan fingerprint density at radius 2 is 1.58 bits per heavy atom. The van der Waals surface area contributed by atoms with Gasteiger partial charge in [0.05, 0.1) is 5.60 Å². The SMILES string of the molecule is CC[C@H](CCC(C)(O)C(F)(F)F)C1CC[C@H]2[C@@H]3CC[C@H]4C[C@@](C)(O)CC[C@]4(C)[C@H]3CC[C@]12C. The van der Waals surface area contributed by atoms with Crippen LogP contribution in [-0.4, -0.2) is 27.6 Å². The summed E-state index contributed by atoms with van der Waals surface area (Å²) >= 11 is 0. The minimum atomic E-state index is -4.57. The van der Waals surface area contributed by atoms with Crippen molar-refractivity contribution in [1.29, 1.82) is 0 Å². The maximum atomic E-state index is 13.2. The molecular weight excluding hydrogens is 425 g/mol. The fourth-order valence-electron chi connectivity index (χ4n) is 9.54. The summed E-state index contributed by atoms with van der Waals surface area (Å²) in [6.07, 6.45) is 6.81. The third kappa shape index (κ3) is 4.30. The van der Waals surface area contributed by atoms with Crippen molar-refractivity contribution >= 4 is 0 Å². The topological polar surface area (TPSA) is 40.5 Å². The van der Waals surface area contributed by atoms with Crippen molar-refractivity contribution in [2.75, 3.05) is 0 Å². The van der Waals surface area contributed by atoms with Gasteiger partial charge in [0.1, 0.15) is 0 Å². The van der Waals surface area contributed by atoms with Crippen molar-refractivity contribution in [3.8, 4) is 0 Å². The molecule has 0 aromatic heterocycles. The zero-order valence-electron chi connectivity index (χ0n) is 21.5. The van der Waals surface area contributed by atoms with Gasteiger partial charge in [-0.2, -0.15) is 13.2 Å². The van der Waals surface area contributed by atoms with Crippen LogP contribution in [0, 0.1) is 46.3 Å². The van der Waals surface area contributed by atoms with E-state index in [4.69, 9.17) is 0 Å². The lowest BCUT2D eigenvalue weighted by atomic mass is 9.43. The highest BCUT2D eigenvalue weighted by molar-refractivity contribution is 5.10. The fourth-order valence-corrected chi connectivity index (χ4v) is 9.54. The molecule has 0 saturated heterocycles. The molecule has 192 valence electrons. The standard InChI is InChI=1S/C28H47F3O2/c1-6-18(11-14-27(5,33)28(29,30)31)21-9-10-22-20-8-7-19-17-24(2,32)15-16-25(19,3)23(20)12-13-26(21,22)4/h18-23,32-33H,6-17H2,1-5H3/t18-,19+,20+,21?,22+,23+,24+,25+,26-,27?/m1/s1. The molecule has 2 unspecified atom stereocenters. The number of hydrogen-bond donors (Lipinski definition) is 2. The smallest absolute Gasteiger partial charge is 0.390 e. The molecule has 0 bridgehead atoms. The van der Waals surface area contributed by atoms with E-state index in [-0.39, 0.29) is 17.8 Å². The monoisotopic (exact) mass is 472 g/mol. The number of halogens is 3. The van der Waals surface area contributed by atoms with E-state index in [9.17, 15) is 23.4 Å². The van der Waals surface area contributed by atoms with Crippen LogP contribution < -0.4 is 0 Å². The summed E-state index contributed by atoms with van der Waals surface area (Å²) in [5, 5.41) is 20.7. The van der Waals surface area contributed by atoms with E-state index in [1.54, 1.807) is 0 Å². The van der Waals surface area contributed by atoms with Gasteiger partial charge in [0.2, 0.25) is 0 Å². The number of aliphatic hydroxyl groups is 2. The molecule has 5 heteroatoms. The van der Waals surface area contributed by atoms with Crippen LogP contribution in [0.25, 0.3) is 0 Å². The first kappa shape index (κ1) is 25.8. The van der Waals surface area contributed by atoms with Crippen LogP contribution in [0.1, 0.15) is 112 Å². The van der Waals surface area contributed by atoms with Crippen molar-refractivity contribution in [2.24, 2.45) is 46.3 Å². The quantitative estimate of drug-likeness (QED) is 0.434. The van der Waals surface area contributed by atoms with E-state index >= 15 is 0 Å². The fraction of sp³-hybridized carbons (Fsp3) is 1.00. The Morgan fingerprint density at radius 3 is 2.21 bits per heavy atom. The molecule has 33 heavy (non-hydrogen) atoms. The molecule has 2 nitrogen and oxygen atoms in total. The molecule has 4 aliphatic carbocycles. The molecule has 4 aliphatic rings. The van der Waals surface area contributed by atoms with Crippen LogP contribution in [-0.2, 0) is 0 Å². The predicted octanol–water partition coefficient (Wildman–Crippen LogP) is 7.52. The molecule has 0 heterocycles. The van der Waals surface area contributed by atoms with Gasteiger partial charge in [-0.25, -0.2) is 0 Å². The predicted molar refractivity (Wildman–Crippen MR) is 126 cm³/mol. The van der Waals surface area contributed by atoms with Crippen LogP contribution in [0.15, 0.2) is 0 Å². The minimum absolute atomic E-state index is 0.196. The Morgan fingerprint density at radius 1 is 0.909 bits per heavy atom. The second kappa shape index (κ2) is 8.39. The highest BCUT2D eigenvalue weighted by Gasteiger charge is 2.61. The van der Waals surface area contributed by atoms with Gasteiger partial charge >= 0.3 is 6.18 Å². The van der Waals surface area contributed by atoms with E-state index in [1.807, 2.05) is 6.92 Å². The van der Waals surface area contributed by atoms with Crippen LogP contribution in [0.5, 0.6) is 0 Å². The van der Waals surface area contributed by atoms with Gasteiger partial charge in [-0.1, -0.05) is 27.2 Å². The Labute approximate surface area is 199 Å². The van der Waals surface area contributed by atoms with Crippen molar-refractivity contribution < 1.29 is 23.4 Å². The molecule has 10 atom stereocenters. The summed E-state index contributed by atoms with van der Waals surface area (Å²) in [5.41, 5.74) is -2.55. The second-order valence-electron chi connectivity index (χ2n) is 13.6. The van der Waals surface area contributed by atoms with Gasteiger partial charge in [-0.05, 0) is 131 Å². The summed E-state index contributed by atoms with van der Waals surface area (Å²) in [4.78, 5) is 0. The van der Waals surface area contributed by atoms with Gasteiger partial charge in [0.15, 0.2) is 5.60 Å². The Hall–Kier alpha value is -0.290. The first-order chi connectivity index (χ1) is 15.1. The first-order valence-electron chi connectivity index (χ1n) is 13.7. The van der Waals surface area contributed by atoms with Crippen molar-refractivity contribution in [1.82, 2.24) is 0 Å². The van der Waals surface area contributed by atoms with Crippen LogP contribution in [0.4, 0.5) is 13.2 Å². The van der Waals surface area contributed by atoms with Crippen LogP contribution >= 0.6 is 0 Å². The number of hydrogen-bond acceptors (Lipinski definition) is 2. The average molecular weight is 473 g/mol. The lowest BCUT2D eigenvalue weighted by Crippen LogP contribution is -2.55. The van der Waals surface area contributed by atoms with Crippen LogP contribution in [0.2, 0.25) is 0 Å². The van der Waals surface area contributed by atoms with E-state index in [2.05, 4.69) is 20.8 Å². The van der Waals surface area contributed by atoms with E-state index in [0.717, 1.165) is 50.9 Å². The maximum absolute atomic E-state index is 13.2. The van der Waals surface area contributed by atoms with Crippen molar-refractivity contribution in [3.63, 3.8) is 0 Å². The maximum Gasteiger partial charge on any atom is 0.416 e. The molecular formula is C28H47F3O2. The molecule has 4 fully saturated rings. The van der Waals surface area contributed by atoms with Crippen LogP contribution in [0.3, 0.4) is 0 Å². The molecule has 0 radical (unpaired) electrons. The van der Waals surface area contributed by atoms with Gasteiger partial charge in [0, 0.05) is 0 Å². The summed E-state index contributed by atoms with van der Waals surface area (Å²) in [5.74, 6) is 3.48. The molecule has 0 aromatic carbocycles. The number of alkyl halides is 3. The van der Waals surface area contributed by atoms with Gasteiger partial charge in [-0.15, -0.1) is 0 Å². The molecule has 4 saturated carbocycles. The lowest BCUT2D eigenvalue weighted by molar-refractivity contribution is -0.256. The first-order valence-corrected chi connectivity index (χ1v) is 13.7. The minimum Gasteiger partial charge on any atom is -0.390 e. The second-order valence-corrected chi connectivity index (χ2v) is 13.6. The van der Waals surface area contributed by atoms with Crippen molar-refractivity contribution in [2.45, 2.75) is 129 Å². The average Bonchev–Trinajstić information content (AvgIpc) is 3.05. The van der Waals surface area contributed by atoms with E-state index in [1.165, 1.54) is 32.1 Å². The summed E-state index contributed by atoms with van der Waals surface area (Å²) < 4.78 is 39.7. The number of fused-ring (bicyclic) bond motifs is 5. The van der Waals surface area contributed by atoms with Gasteiger partial charge < -0.3 is 10.2 Å². The van der Waals surface area contributed by atoms with E-state index in [0.29, 0.717) is 29.6 Å². The molecule has 0 amide bonds. The summed E-state index contributed by atoms with van der Waals surface area (Å²) in [6, 6.07) is 0. The molecule has 4 rings (SSSR count).